The number of nitrogens with two attached hydrogens (primary N) is 1. The molecule has 2 aromatic rings. The number of nitrogens with one attached hydrogen (secondary N) is 3. The Hall–Kier alpha value is -2.97. The molecule has 0 saturated heterocycles. The summed E-state index contributed by atoms with van der Waals surface area (Å²) >= 11 is 0. The zero-order valence-electron chi connectivity index (χ0n) is 11.8. The molecule has 2 amide bonds. The van der Waals surface area contributed by atoms with Gasteiger partial charge in [0.05, 0.1) is 0 Å². The predicted octanol–water partition coefficient (Wildman–Crippen LogP) is 0.522. The number of carbonyl (C=O) groups is 1. The van der Waals surface area contributed by atoms with E-state index >= 15 is 0 Å². The number of urea groups is 1. The van der Waals surface area contributed by atoms with Crippen LogP contribution in [0.2, 0.25) is 0 Å². The molecule has 0 fully saturated rings. The van der Waals surface area contributed by atoms with Crippen molar-refractivity contribution in [3.63, 3.8) is 0 Å². The largest absolute Gasteiger partial charge is 0.486 e. The van der Waals surface area contributed by atoms with Crippen molar-refractivity contribution in [2.75, 3.05) is 30.8 Å². The second-order valence-corrected chi connectivity index (χ2v) is 4.63. The number of aromatic amines is 1. The number of ether oxygens (including phenoxy) is 2. The lowest BCUT2D eigenvalue weighted by molar-refractivity contribution is 0.171. The molecule has 3 rings (SSSR count). The van der Waals surface area contributed by atoms with Gasteiger partial charge in [-0.1, -0.05) is 0 Å². The lowest BCUT2D eigenvalue weighted by Gasteiger charge is -2.19. The van der Waals surface area contributed by atoms with Gasteiger partial charge in [0.2, 0.25) is 5.95 Å². The summed E-state index contributed by atoms with van der Waals surface area (Å²) in [6.07, 6.45) is 0.513. The Morgan fingerprint density at radius 2 is 2.14 bits per heavy atom. The molecular formula is C13H16N6O3. The van der Waals surface area contributed by atoms with Gasteiger partial charge in [-0.2, -0.15) is 4.98 Å². The van der Waals surface area contributed by atoms with Gasteiger partial charge in [-0.25, -0.2) is 4.79 Å². The summed E-state index contributed by atoms with van der Waals surface area (Å²) in [6, 6.07) is 4.93. The fourth-order valence-corrected chi connectivity index (χ4v) is 2.01. The van der Waals surface area contributed by atoms with Gasteiger partial charge in [-0.3, -0.25) is 5.10 Å². The summed E-state index contributed by atoms with van der Waals surface area (Å²) in [6.45, 7) is 1.44. The maximum Gasteiger partial charge on any atom is 0.319 e. The molecule has 1 aromatic carbocycles. The second kappa shape index (κ2) is 6.20. The molecule has 9 nitrogen and oxygen atoms in total. The molecule has 22 heavy (non-hydrogen) atoms. The molecule has 0 saturated carbocycles. The Morgan fingerprint density at radius 1 is 1.32 bits per heavy atom. The highest BCUT2D eigenvalue weighted by molar-refractivity contribution is 5.89. The molecule has 0 aliphatic carbocycles. The van der Waals surface area contributed by atoms with Gasteiger partial charge in [-0.15, -0.1) is 5.10 Å². The van der Waals surface area contributed by atoms with E-state index in [-0.39, 0.29) is 12.0 Å². The number of benzene rings is 1. The minimum absolute atomic E-state index is 0.190. The summed E-state index contributed by atoms with van der Waals surface area (Å²) in [4.78, 5) is 15.8. The fraction of sp³-hybridized carbons (Fsp3) is 0.308. The molecule has 0 unspecified atom stereocenters. The van der Waals surface area contributed by atoms with Gasteiger partial charge in [0.25, 0.3) is 0 Å². The van der Waals surface area contributed by atoms with Crippen LogP contribution in [0.15, 0.2) is 18.2 Å². The van der Waals surface area contributed by atoms with E-state index in [1.807, 2.05) is 0 Å². The van der Waals surface area contributed by atoms with Gasteiger partial charge >= 0.3 is 6.03 Å². The predicted molar refractivity (Wildman–Crippen MR) is 79.0 cm³/mol. The maximum absolute atomic E-state index is 11.8. The van der Waals surface area contributed by atoms with E-state index in [9.17, 15) is 4.79 Å². The molecule has 116 valence electrons. The third kappa shape index (κ3) is 3.37. The zero-order chi connectivity index (χ0) is 15.4. The van der Waals surface area contributed by atoms with Crippen LogP contribution in [0.1, 0.15) is 5.82 Å². The van der Waals surface area contributed by atoms with Crippen LogP contribution in [0.4, 0.5) is 16.4 Å². The number of nitrogen functional groups attached to an aromatic ring is 1. The van der Waals surface area contributed by atoms with Crippen LogP contribution < -0.4 is 25.8 Å². The first-order valence-electron chi connectivity index (χ1n) is 6.82. The molecule has 0 spiro atoms. The van der Waals surface area contributed by atoms with Crippen molar-refractivity contribution in [1.82, 2.24) is 20.5 Å². The summed E-state index contributed by atoms with van der Waals surface area (Å²) in [7, 11) is 0. The Balaban J connectivity index is 1.49. The molecule has 5 N–H and O–H groups in total. The van der Waals surface area contributed by atoms with E-state index in [0.717, 1.165) is 0 Å². The number of amides is 2. The van der Waals surface area contributed by atoms with Gasteiger partial charge in [0.1, 0.15) is 19.0 Å². The molecule has 1 aromatic heterocycles. The summed E-state index contributed by atoms with van der Waals surface area (Å²) in [5.41, 5.74) is 6.02. The van der Waals surface area contributed by atoms with Crippen LogP contribution in [0, 0.1) is 0 Å². The Kier molecular flexibility index (Phi) is 3.95. The highest BCUT2D eigenvalue weighted by Gasteiger charge is 2.12. The van der Waals surface area contributed by atoms with E-state index in [1.54, 1.807) is 18.2 Å². The molecule has 2 heterocycles. The number of rotatable bonds is 4. The molecule has 1 aliphatic rings. The third-order valence-corrected chi connectivity index (χ3v) is 3.00. The minimum Gasteiger partial charge on any atom is -0.486 e. The zero-order valence-corrected chi connectivity index (χ0v) is 11.8. The van der Waals surface area contributed by atoms with E-state index in [0.29, 0.717) is 49.2 Å². The van der Waals surface area contributed by atoms with Crippen LogP contribution >= 0.6 is 0 Å². The van der Waals surface area contributed by atoms with E-state index < -0.39 is 0 Å². The third-order valence-electron chi connectivity index (χ3n) is 3.00. The van der Waals surface area contributed by atoms with Crippen molar-refractivity contribution in [3.05, 3.63) is 24.0 Å². The topological polar surface area (TPSA) is 127 Å². The van der Waals surface area contributed by atoms with Crippen molar-refractivity contribution in [1.29, 1.82) is 0 Å². The van der Waals surface area contributed by atoms with Crippen molar-refractivity contribution < 1.29 is 14.3 Å². The summed E-state index contributed by atoms with van der Waals surface area (Å²) in [5, 5.41) is 11.8. The van der Waals surface area contributed by atoms with Crippen molar-refractivity contribution in [3.8, 4) is 11.5 Å². The van der Waals surface area contributed by atoms with Crippen LogP contribution in [-0.4, -0.2) is 41.0 Å². The van der Waals surface area contributed by atoms with Gasteiger partial charge in [0, 0.05) is 24.7 Å². The number of anilines is 2. The van der Waals surface area contributed by atoms with Gasteiger partial charge < -0.3 is 25.8 Å². The average molecular weight is 304 g/mol. The molecule has 1 aliphatic heterocycles. The SMILES string of the molecule is Nc1n[nH]c(CCNC(=O)Nc2ccc3c(c2)OCCO3)n1. The molecule has 0 atom stereocenters. The Labute approximate surface area is 126 Å². The summed E-state index contributed by atoms with van der Waals surface area (Å²) < 4.78 is 10.9. The lowest BCUT2D eigenvalue weighted by atomic mass is 10.2. The fourth-order valence-electron chi connectivity index (χ4n) is 2.01. The standard InChI is InChI=1S/C13H16N6O3/c14-12-17-11(18-19-12)3-4-15-13(20)16-8-1-2-9-10(7-8)22-6-5-21-9/h1-2,7H,3-6H2,(H2,15,16,20)(H3,14,17,18,19). The highest BCUT2D eigenvalue weighted by Crippen LogP contribution is 2.32. The normalized spacial score (nSPS) is 12.7. The quantitative estimate of drug-likeness (QED) is 0.652. The van der Waals surface area contributed by atoms with Crippen molar-refractivity contribution in [2.24, 2.45) is 0 Å². The van der Waals surface area contributed by atoms with Gasteiger partial charge in [0.15, 0.2) is 11.5 Å². The number of nitrogens with zero attached hydrogens (tertiary/aromatic N) is 2. The number of aromatic nitrogens is 3. The number of hydrogen-bond acceptors (Lipinski definition) is 6. The van der Waals surface area contributed by atoms with E-state index in [2.05, 4.69) is 25.8 Å². The van der Waals surface area contributed by atoms with E-state index in [4.69, 9.17) is 15.2 Å². The molecule has 9 heteroatoms. The van der Waals surface area contributed by atoms with Gasteiger partial charge in [-0.05, 0) is 12.1 Å². The van der Waals surface area contributed by atoms with Crippen LogP contribution in [-0.2, 0) is 6.42 Å². The van der Waals surface area contributed by atoms with Crippen LogP contribution in [0.3, 0.4) is 0 Å². The number of H-pyrrole nitrogens is 1. The van der Waals surface area contributed by atoms with E-state index in [1.165, 1.54) is 0 Å². The van der Waals surface area contributed by atoms with Crippen molar-refractivity contribution in [2.45, 2.75) is 6.42 Å². The Bertz CT molecular complexity index is 672. The first kappa shape index (κ1) is 14.0. The first-order chi connectivity index (χ1) is 10.7. The molecule has 0 radical (unpaired) electrons. The molecule has 0 bridgehead atoms. The number of fused-ring (bicyclic) bond motifs is 1. The maximum atomic E-state index is 11.8. The highest BCUT2D eigenvalue weighted by atomic mass is 16.6. The average Bonchev–Trinajstić information content (AvgIpc) is 2.92. The molecular weight excluding hydrogens is 288 g/mol. The number of carbonyl (C=O) groups excluding carboxylic acids is 1. The van der Waals surface area contributed by atoms with Crippen LogP contribution in [0.25, 0.3) is 0 Å². The van der Waals surface area contributed by atoms with Crippen molar-refractivity contribution >= 4 is 17.7 Å². The summed E-state index contributed by atoms with van der Waals surface area (Å²) in [5.74, 6) is 2.12. The van der Waals surface area contributed by atoms with Crippen LogP contribution in [0.5, 0.6) is 11.5 Å². The number of hydrogen-bond donors (Lipinski definition) is 4. The first-order valence-corrected chi connectivity index (χ1v) is 6.82. The second-order valence-electron chi connectivity index (χ2n) is 4.63. The monoisotopic (exact) mass is 304 g/mol. The lowest BCUT2D eigenvalue weighted by Crippen LogP contribution is -2.30. The minimum atomic E-state index is -0.316. The Morgan fingerprint density at radius 3 is 2.91 bits per heavy atom. The smallest absolute Gasteiger partial charge is 0.319 e.